The molecule has 0 aliphatic rings. The topological polar surface area (TPSA) is 87.9 Å². The van der Waals surface area contributed by atoms with E-state index in [-0.39, 0.29) is 19.3 Å². The molecule has 19 heavy (non-hydrogen) atoms. The molecule has 0 heterocycles. The minimum Gasteiger partial charge on any atom is -0.492 e. The molecule has 0 atom stereocenters. The summed E-state index contributed by atoms with van der Waals surface area (Å²) in [6, 6.07) is 4.50. The Morgan fingerprint density at radius 2 is 2.16 bits per heavy atom. The molecule has 1 rings (SSSR count). The Labute approximate surface area is 114 Å². The van der Waals surface area contributed by atoms with Crippen LogP contribution >= 0.6 is 11.6 Å². The van der Waals surface area contributed by atoms with Crippen LogP contribution in [0, 0.1) is 17.0 Å². The molecule has 7 nitrogen and oxygen atoms in total. The monoisotopic (exact) mass is 289 g/mol. The van der Waals surface area contributed by atoms with Crippen molar-refractivity contribution in [3.05, 3.63) is 39.4 Å². The van der Waals surface area contributed by atoms with E-state index in [1.54, 1.807) is 19.1 Å². The zero-order valence-corrected chi connectivity index (χ0v) is 10.9. The summed E-state index contributed by atoms with van der Waals surface area (Å²) >= 11 is 5.30. The number of hydrogen-bond acceptors (Lipinski definition) is 6. The molecule has 0 bridgehead atoms. The maximum Gasteiger partial charge on any atom is 0.339 e. The third-order valence-corrected chi connectivity index (χ3v) is 2.26. The third-order valence-electron chi connectivity index (χ3n) is 2.15. The molecule has 0 aliphatic carbocycles. The fourth-order valence-corrected chi connectivity index (χ4v) is 1.45. The van der Waals surface area contributed by atoms with Gasteiger partial charge in [0.1, 0.15) is 19.0 Å². The van der Waals surface area contributed by atoms with Crippen LogP contribution < -0.4 is 4.74 Å². The minimum atomic E-state index is -0.889. The van der Waals surface area contributed by atoms with Gasteiger partial charge < -0.3 is 14.3 Å². The minimum absolute atomic E-state index is 0.0336. The Morgan fingerprint density at radius 1 is 1.42 bits per heavy atom. The molecule has 0 unspecified atom stereocenters. The van der Waals surface area contributed by atoms with Crippen LogP contribution in [-0.2, 0) is 9.57 Å². The number of ether oxygens (including phenoxy) is 2. The van der Waals surface area contributed by atoms with Gasteiger partial charge in [-0.15, -0.1) is 10.1 Å². The highest BCUT2D eigenvalue weighted by molar-refractivity contribution is 6.17. The highest BCUT2D eigenvalue weighted by Crippen LogP contribution is 2.18. The first-order valence-electron chi connectivity index (χ1n) is 5.28. The second-order valence-corrected chi connectivity index (χ2v) is 3.64. The first-order chi connectivity index (χ1) is 9.04. The van der Waals surface area contributed by atoms with E-state index in [4.69, 9.17) is 16.3 Å². The molecule has 0 fully saturated rings. The molecule has 0 spiro atoms. The van der Waals surface area contributed by atoms with Gasteiger partial charge in [-0.25, -0.2) is 4.79 Å². The van der Waals surface area contributed by atoms with Gasteiger partial charge in [0.15, 0.2) is 6.07 Å². The van der Waals surface area contributed by atoms with Crippen molar-refractivity contribution < 1.29 is 24.2 Å². The zero-order chi connectivity index (χ0) is 14.3. The Morgan fingerprint density at radius 3 is 2.74 bits per heavy atom. The molecule has 0 saturated carbocycles. The fourth-order valence-electron chi connectivity index (χ4n) is 1.35. The van der Waals surface area contributed by atoms with E-state index < -0.39 is 11.1 Å². The van der Waals surface area contributed by atoms with Crippen LogP contribution in [-0.4, -0.2) is 30.3 Å². The summed E-state index contributed by atoms with van der Waals surface area (Å²) < 4.78 is 9.89. The average molecular weight is 290 g/mol. The van der Waals surface area contributed by atoms with Gasteiger partial charge in [0, 0.05) is 0 Å². The number of nitrogens with zero attached hydrogens (tertiary/aromatic N) is 1. The van der Waals surface area contributed by atoms with Crippen LogP contribution in [0.1, 0.15) is 15.9 Å². The van der Waals surface area contributed by atoms with Gasteiger partial charge in [0.05, 0.1) is 5.56 Å². The van der Waals surface area contributed by atoms with E-state index in [9.17, 15) is 14.9 Å². The summed E-state index contributed by atoms with van der Waals surface area (Å²) in [6.07, 6.45) is 0. The van der Waals surface area contributed by atoms with Crippen LogP contribution in [0.3, 0.4) is 0 Å². The molecule has 0 aromatic heterocycles. The van der Waals surface area contributed by atoms with E-state index in [0.29, 0.717) is 16.9 Å². The molecule has 0 N–H and O–H groups in total. The van der Waals surface area contributed by atoms with Crippen molar-refractivity contribution in [2.24, 2.45) is 0 Å². The Kier molecular flexibility index (Phi) is 5.87. The summed E-state index contributed by atoms with van der Waals surface area (Å²) in [6.45, 7) is 1.58. The van der Waals surface area contributed by atoms with Crippen molar-refractivity contribution in [3.63, 3.8) is 0 Å². The number of benzene rings is 1. The first kappa shape index (κ1) is 15.0. The summed E-state index contributed by atoms with van der Waals surface area (Å²) in [4.78, 5) is 25.5. The fraction of sp³-hybridized carbons (Fsp3) is 0.364. The van der Waals surface area contributed by atoms with Crippen LogP contribution in [0.15, 0.2) is 18.2 Å². The van der Waals surface area contributed by atoms with E-state index in [1.807, 2.05) is 0 Å². The normalized spacial score (nSPS) is 9.79. The number of halogens is 1. The largest absolute Gasteiger partial charge is 0.492 e. The van der Waals surface area contributed by atoms with Crippen LogP contribution in [0.4, 0.5) is 0 Å². The molecule has 8 heteroatoms. The number of carbonyl (C=O) groups is 1. The van der Waals surface area contributed by atoms with Gasteiger partial charge in [0.25, 0.3) is 5.09 Å². The lowest BCUT2D eigenvalue weighted by Gasteiger charge is -2.09. The van der Waals surface area contributed by atoms with Crippen LogP contribution in [0.5, 0.6) is 5.75 Å². The Bertz CT molecular complexity index is 464. The first-order valence-corrected chi connectivity index (χ1v) is 5.82. The molecule has 0 radical (unpaired) electrons. The Balaban J connectivity index is 2.56. The van der Waals surface area contributed by atoms with Gasteiger partial charge in [-0.05, 0) is 30.7 Å². The molecule has 1 aromatic carbocycles. The van der Waals surface area contributed by atoms with Gasteiger partial charge in [-0.3, -0.25) is 0 Å². The van der Waals surface area contributed by atoms with Crippen molar-refractivity contribution in [3.8, 4) is 5.75 Å². The number of carbonyl (C=O) groups excluding carboxylic acids is 1. The van der Waals surface area contributed by atoms with Gasteiger partial charge in [0.2, 0.25) is 0 Å². The number of alkyl halides is 1. The van der Waals surface area contributed by atoms with E-state index in [1.165, 1.54) is 6.07 Å². The lowest BCUT2D eigenvalue weighted by Crippen LogP contribution is -2.11. The summed E-state index contributed by atoms with van der Waals surface area (Å²) in [5, 5.41) is 9.02. The van der Waals surface area contributed by atoms with E-state index in [0.717, 1.165) is 0 Å². The molecule has 0 aliphatic heterocycles. The number of hydrogen-bond donors (Lipinski definition) is 0. The van der Waals surface area contributed by atoms with Gasteiger partial charge in [-0.1, -0.05) is 11.6 Å². The summed E-state index contributed by atoms with van der Waals surface area (Å²) in [5.74, 6) is -0.0393. The molecule has 0 saturated heterocycles. The second-order valence-electron chi connectivity index (χ2n) is 3.42. The number of rotatable bonds is 7. The maximum absolute atomic E-state index is 11.5. The summed E-state index contributed by atoms with van der Waals surface area (Å²) in [5.41, 5.74) is 1.04. The van der Waals surface area contributed by atoms with Gasteiger partial charge in [-0.2, -0.15) is 0 Å². The lowest BCUT2D eigenvalue weighted by atomic mass is 10.1. The molecule has 1 aromatic rings. The SMILES string of the molecule is Cc1cc(OCCO[N+](=O)[O-])ccc1C(=O)OCCl. The highest BCUT2D eigenvalue weighted by Gasteiger charge is 2.10. The number of aryl methyl sites for hydroxylation is 1. The molecular weight excluding hydrogens is 278 g/mol. The van der Waals surface area contributed by atoms with E-state index in [2.05, 4.69) is 9.57 Å². The molecule has 104 valence electrons. The van der Waals surface area contributed by atoms with Crippen LogP contribution in [0.25, 0.3) is 0 Å². The number of esters is 1. The quantitative estimate of drug-likeness (QED) is 0.250. The smallest absolute Gasteiger partial charge is 0.339 e. The predicted molar refractivity (Wildman–Crippen MR) is 65.8 cm³/mol. The van der Waals surface area contributed by atoms with E-state index >= 15 is 0 Å². The van der Waals surface area contributed by atoms with Crippen molar-refractivity contribution in [2.75, 3.05) is 19.3 Å². The van der Waals surface area contributed by atoms with Gasteiger partial charge >= 0.3 is 5.97 Å². The lowest BCUT2D eigenvalue weighted by molar-refractivity contribution is -0.757. The highest BCUT2D eigenvalue weighted by atomic mass is 35.5. The standard InChI is InChI=1S/C11H12ClNO6/c1-8-6-9(17-4-5-19-13(15)16)2-3-10(8)11(14)18-7-12/h2-3,6H,4-5,7H2,1H3. The Hall–Kier alpha value is -2.02. The van der Waals surface area contributed by atoms with Crippen molar-refractivity contribution in [2.45, 2.75) is 6.92 Å². The molecule has 0 amide bonds. The maximum atomic E-state index is 11.5. The van der Waals surface area contributed by atoms with Crippen molar-refractivity contribution in [1.82, 2.24) is 0 Å². The van der Waals surface area contributed by atoms with Crippen LogP contribution in [0.2, 0.25) is 0 Å². The second kappa shape index (κ2) is 7.42. The van der Waals surface area contributed by atoms with Crippen molar-refractivity contribution in [1.29, 1.82) is 0 Å². The third kappa shape index (κ3) is 5.01. The average Bonchev–Trinajstić information content (AvgIpc) is 2.34. The van der Waals surface area contributed by atoms with Crippen molar-refractivity contribution >= 4 is 17.6 Å². The zero-order valence-electron chi connectivity index (χ0n) is 10.1. The predicted octanol–water partition coefficient (Wildman–Crippen LogP) is 1.94. The molecular formula is C11H12ClNO6. The summed E-state index contributed by atoms with van der Waals surface area (Å²) in [7, 11) is 0.